The third kappa shape index (κ3) is 2.90. The minimum Gasteiger partial charge on any atom is -0.352 e. The van der Waals surface area contributed by atoms with Crippen molar-refractivity contribution in [1.82, 2.24) is 5.32 Å². The first-order valence-corrected chi connectivity index (χ1v) is 9.67. The van der Waals surface area contributed by atoms with Crippen molar-refractivity contribution in [1.29, 1.82) is 5.26 Å². The summed E-state index contributed by atoms with van der Waals surface area (Å²) in [5.74, 6) is -1.88. The average Bonchev–Trinajstić information content (AvgIpc) is 3.05. The quantitative estimate of drug-likeness (QED) is 0.640. The molecule has 7 nitrogen and oxygen atoms in total. The summed E-state index contributed by atoms with van der Waals surface area (Å²) in [7, 11) is 0. The summed E-state index contributed by atoms with van der Waals surface area (Å²) in [5, 5.41) is 15.7. The van der Waals surface area contributed by atoms with Crippen LogP contribution in [-0.4, -0.2) is 23.8 Å². The molecule has 2 N–H and O–H groups in total. The standard InChI is InChI=1S/C23H15FN4O3/c24-14-10-12(11-25)4-6-15(14)26-16-7-5-13-2-1-3-17-20(13)21(16)23(31)28(17)18-8-9-19(29)27-22(18)30/h1-7,10,18,26H,8-9H2,(H,27,29,30). The maximum absolute atomic E-state index is 14.4. The third-order valence-electron chi connectivity index (χ3n) is 5.61. The number of amides is 3. The lowest BCUT2D eigenvalue weighted by Gasteiger charge is -2.30. The molecule has 3 aromatic rings. The van der Waals surface area contributed by atoms with Crippen LogP contribution in [-0.2, 0) is 9.59 Å². The van der Waals surface area contributed by atoms with Crippen LogP contribution in [0.1, 0.15) is 28.8 Å². The van der Waals surface area contributed by atoms with Gasteiger partial charge in [0.15, 0.2) is 0 Å². The summed E-state index contributed by atoms with van der Waals surface area (Å²) in [6.45, 7) is 0. The van der Waals surface area contributed by atoms with Crippen LogP contribution < -0.4 is 15.5 Å². The van der Waals surface area contributed by atoms with Crippen LogP contribution in [0.25, 0.3) is 10.8 Å². The Morgan fingerprint density at radius 2 is 1.90 bits per heavy atom. The number of piperidine rings is 1. The fourth-order valence-electron chi connectivity index (χ4n) is 4.19. The first-order valence-electron chi connectivity index (χ1n) is 9.67. The topological polar surface area (TPSA) is 102 Å². The van der Waals surface area contributed by atoms with Crippen molar-refractivity contribution in [2.45, 2.75) is 18.9 Å². The maximum atomic E-state index is 14.4. The van der Waals surface area contributed by atoms with E-state index in [9.17, 15) is 18.8 Å². The van der Waals surface area contributed by atoms with E-state index in [1.54, 1.807) is 18.2 Å². The third-order valence-corrected chi connectivity index (χ3v) is 5.61. The zero-order valence-electron chi connectivity index (χ0n) is 16.1. The Balaban J connectivity index is 1.60. The predicted molar refractivity (Wildman–Crippen MR) is 111 cm³/mol. The number of nitriles is 1. The first kappa shape index (κ1) is 18.8. The lowest BCUT2D eigenvalue weighted by Crippen LogP contribution is -2.53. The van der Waals surface area contributed by atoms with Crippen LogP contribution in [0.4, 0.5) is 21.5 Å². The van der Waals surface area contributed by atoms with Crippen LogP contribution >= 0.6 is 0 Å². The Labute approximate surface area is 176 Å². The number of carbonyl (C=O) groups is 3. The van der Waals surface area contributed by atoms with Crippen molar-refractivity contribution in [2.24, 2.45) is 0 Å². The SMILES string of the molecule is N#Cc1ccc(Nc2ccc3cccc4c3c2C(=O)N4C2CCC(=O)NC2=O)c(F)c1. The van der Waals surface area contributed by atoms with E-state index in [1.165, 1.54) is 17.0 Å². The number of rotatable bonds is 3. The molecule has 5 rings (SSSR count). The van der Waals surface area contributed by atoms with Crippen LogP contribution in [0.15, 0.2) is 48.5 Å². The normalized spacial score (nSPS) is 17.6. The van der Waals surface area contributed by atoms with Gasteiger partial charge in [0.05, 0.1) is 34.3 Å². The molecule has 1 fully saturated rings. The number of hydrogen-bond donors (Lipinski definition) is 2. The molecule has 8 heteroatoms. The van der Waals surface area contributed by atoms with Gasteiger partial charge in [0.2, 0.25) is 11.8 Å². The summed E-state index contributed by atoms with van der Waals surface area (Å²) in [6, 6.07) is 14.0. The molecule has 1 saturated heterocycles. The van der Waals surface area contributed by atoms with Gasteiger partial charge in [0.1, 0.15) is 11.9 Å². The van der Waals surface area contributed by atoms with E-state index in [0.29, 0.717) is 22.3 Å². The molecule has 3 amide bonds. The number of benzene rings is 3. The van der Waals surface area contributed by atoms with Crippen LogP contribution in [0, 0.1) is 17.1 Å². The van der Waals surface area contributed by atoms with E-state index < -0.39 is 23.7 Å². The van der Waals surface area contributed by atoms with E-state index in [4.69, 9.17) is 5.26 Å². The Morgan fingerprint density at radius 3 is 2.65 bits per heavy atom. The highest BCUT2D eigenvalue weighted by Gasteiger charge is 2.41. The van der Waals surface area contributed by atoms with Crippen molar-refractivity contribution in [3.8, 4) is 6.07 Å². The average molecular weight is 414 g/mol. The molecule has 0 aromatic heterocycles. The summed E-state index contributed by atoms with van der Waals surface area (Å²) in [6.07, 6.45) is 0.377. The largest absolute Gasteiger partial charge is 0.352 e. The van der Waals surface area contributed by atoms with E-state index in [2.05, 4.69) is 10.6 Å². The molecule has 0 saturated carbocycles. The number of halogens is 1. The zero-order chi connectivity index (χ0) is 21.7. The Hall–Kier alpha value is -4.25. The van der Waals surface area contributed by atoms with Gasteiger partial charge >= 0.3 is 0 Å². The van der Waals surface area contributed by atoms with Gasteiger partial charge in [-0.3, -0.25) is 24.6 Å². The van der Waals surface area contributed by atoms with Gasteiger partial charge in [0, 0.05) is 11.8 Å². The number of nitrogens with zero attached hydrogens (tertiary/aromatic N) is 2. The van der Waals surface area contributed by atoms with Crippen LogP contribution in [0.5, 0.6) is 0 Å². The lowest BCUT2D eigenvalue weighted by molar-refractivity contribution is -0.134. The van der Waals surface area contributed by atoms with Crippen molar-refractivity contribution in [3.63, 3.8) is 0 Å². The van der Waals surface area contributed by atoms with Crippen molar-refractivity contribution in [2.75, 3.05) is 10.2 Å². The van der Waals surface area contributed by atoms with Crippen LogP contribution in [0.2, 0.25) is 0 Å². The van der Waals surface area contributed by atoms with E-state index in [1.807, 2.05) is 18.2 Å². The fraction of sp³-hybridized carbons (Fsp3) is 0.130. The highest BCUT2D eigenvalue weighted by Crippen LogP contribution is 2.43. The second-order valence-corrected chi connectivity index (χ2v) is 7.44. The Morgan fingerprint density at radius 1 is 1.10 bits per heavy atom. The maximum Gasteiger partial charge on any atom is 0.261 e. The van der Waals surface area contributed by atoms with Crippen molar-refractivity contribution < 1.29 is 18.8 Å². The summed E-state index contributed by atoms with van der Waals surface area (Å²) >= 11 is 0. The molecule has 3 aromatic carbocycles. The molecule has 1 atom stereocenters. The highest BCUT2D eigenvalue weighted by atomic mass is 19.1. The minimum atomic E-state index is -0.803. The van der Waals surface area contributed by atoms with Gasteiger partial charge in [-0.05, 0) is 42.1 Å². The molecule has 2 heterocycles. The summed E-state index contributed by atoms with van der Waals surface area (Å²) in [4.78, 5) is 38.9. The molecule has 1 unspecified atom stereocenters. The molecule has 0 spiro atoms. The van der Waals surface area contributed by atoms with Crippen molar-refractivity contribution >= 4 is 45.6 Å². The van der Waals surface area contributed by atoms with Gasteiger partial charge in [-0.25, -0.2) is 4.39 Å². The van der Waals surface area contributed by atoms with Gasteiger partial charge in [0.25, 0.3) is 5.91 Å². The predicted octanol–water partition coefficient (Wildman–Crippen LogP) is 3.36. The molecule has 31 heavy (non-hydrogen) atoms. The number of hydrogen-bond acceptors (Lipinski definition) is 5. The lowest BCUT2D eigenvalue weighted by atomic mass is 10.0. The molecule has 0 radical (unpaired) electrons. The Kier molecular flexibility index (Phi) is 4.19. The highest BCUT2D eigenvalue weighted by molar-refractivity contribution is 6.29. The van der Waals surface area contributed by atoms with E-state index in [0.717, 1.165) is 11.5 Å². The number of nitrogens with one attached hydrogen (secondary N) is 2. The summed E-state index contributed by atoms with van der Waals surface area (Å²) < 4.78 is 14.4. The minimum absolute atomic E-state index is 0.124. The molecular weight excluding hydrogens is 399 g/mol. The second-order valence-electron chi connectivity index (χ2n) is 7.44. The van der Waals surface area contributed by atoms with Gasteiger partial charge in [-0.15, -0.1) is 0 Å². The molecule has 0 aliphatic carbocycles. The molecular formula is C23H15FN4O3. The number of anilines is 3. The summed E-state index contributed by atoms with van der Waals surface area (Å²) in [5.41, 5.74) is 1.62. The number of imide groups is 1. The van der Waals surface area contributed by atoms with Gasteiger partial charge in [-0.2, -0.15) is 5.26 Å². The molecule has 152 valence electrons. The molecule has 2 aliphatic heterocycles. The second kappa shape index (κ2) is 6.92. The first-order chi connectivity index (χ1) is 15.0. The van der Waals surface area contributed by atoms with Gasteiger partial charge < -0.3 is 5.32 Å². The van der Waals surface area contributed by atoms with E-state index >= 15 is 0 Å². The molecule has 2 aliphatic rings. The van der Waals surface area contributed by atoms with Crippen LogP contribution in [0.3, 0.4) is 0 Å². The van der Waals surface area contributed by atoms with E-state index in [-0.39, 0.29) is 30.0 Å². The number of carbonyl (C=O) groups excluding carboxylic acids is 3. The van der Waals surface area contributed by atoms with Crippen molar-refractivity contribution in [3.05, 3.63) is 65.5 Å². The monoisotopic (exact) mass is 414 g/mol. The zero-order valence-corrected chi connectivity index (χ0v) is 16.1. The molecule has 0 bridgehead atoms. The fourth-order valence-corrected chi connectivity index (χ4v) is 4.19. The smallest absolute Gasteiger partial charge is 0.261 e. The Bertz CT molecular complexity index is 1340. The van der Waals surface area contributed by atoms with Gasteiger partial charge in [-0.1, -0.05) is 18.2 Å².